The maximum Gasteiger partial charge on any atom is 0.409 e. The number of hydrogen-bond donors (Lipinski definition) is 2. The summed E-state index contributed by atoms with van der Waals surface area (Å²) < 4.78 is 34.6. The summed E-state index contributed by atoms with van der Waals surface area (Å²) in [5, 5.41) is 9.55. The molecule has 0 aliphatic carbocycles. The molecule has 1 fully saturated rings. The fourth-order valence-corrected chi connectivity index (χ4v) is 6.30. The maximum absolute atomic E-state index is 12.9. The molecule has 2 amide bonds. The van der Waals surface area contributed by atoms with Crippen molar-refractivity contribution in [3.05, 3.63) is 63.0 Å². The first kappa shape index (κ1) is 25.5. The second-order valence-electron chi connectivity index (χ2n) is 7.64. The van der Waals surface area contributed by atoms with Crippen LogP contribution in [0.2, 0.25) is 0 Å². The number of hydrogen-bond acceptors (Lipinski definition) is 5. The zero-order chi connectivity index (χ0) is 24.2. The van der Waals surface area contributed by atoms with Crippen LogP contribution in [0.5, 0.6) is 0 Å². The molecule has 0 spiro atoms. The van der Waals surface area contributed by atoms with Crippen molar-refractivity contribution in [3.63, 3.8) is 0 Å². The predicted molar refractivity (Wildman–Crippen MR) is 128 cm³/mol. The lowest BCUT2D eigenvalue weighted by atomic mass is 10.2. The summed E-state index contributed by atoms with van der Waals surface area (Å²) in [5.41, 5.74) is 0.929. The molecule has 0 saturated carbocycles. The summed E-state index contributed by atoms with van der Waals surface area (Å²) in [7, 11) is -2.32. The standard InChI is InChI=1S/C21H23Br2N3O6S/c1-25(11-14-5-3-2-4-6-14)21(29)32-13-17-10-16(12-26(17)20(27)28)24-33(30,31)19-9-15(22)7-8-18(19)23/h2-9,16-17,24H,10-13H2,1H3,(H,27,28)/t16-,17-/m1/s1. The number of sulfonamides is 1. The second-order valence-corrected chi connectivity index (χ2v) is 11.1. The Morgan fingerprint density at radius 1 is 1.21 bits per heavy atom. The number of amides is 2. The van der Waals surface area contributed by atoms with Crippen molar-refractivity contribution in [3.8, 4) is 0 Å². The average molecular weight is 605 g/mol. The Kier molecular flexibility index (Phi) is 8.38. The van der Waals surface area contributed by atoms with Crippen molar-refractivity contribution in [1.82, 2.24) is 14.5 Å². The number of benzene rings is 2. The first-order valence-electron chi connectivity index (χ1n) is 9.95. The van der Waals surface area contributed by atoms with Gasteiger partial charge in [-0.15, -0.1) is 0 Å². The molecule has 9 nitrogen and oxygen atoms in total. The Hall–Kier alpha value is -2.15. The van der Waals surface area contributed by atoms with E-state index in [1.807, 2.05) is 30.3 Å². The fraction of sp³-hybridized carbons (Fsp3) is 0.333. The molecule has 0 aromatic heterocycles. The van der Waals surface area contributed by atoms with E-state index in [0.29, 0.717) is 15.5 Å². The van der Waals surface area contributed by atoms with Crippen LogP contribution in [-0.4, -0.2) is 67.8 Å². The molecule has 1 aliphatic heterocycles. The van der Waals surface area contributed by atoms with Crippen LogP contribution in [0.25, 0.3) is 0 Å². The van der Waals surface area contributed by atoms with E-state index in [0.717, 1.165) is 10.5 Å². The van der Waals surface area contributed by atoms with Gasteiger partial charge in [-0.05, 0) is 46.1 Å². The number of nitrogens with one attached hydrogen (secondary N) is 1. The molecule has 0 unspecified atom stereocenters. The van der Waals surface area contributed by atoms with Gasteiger partial charge in [0.25, 0.3) is 0 Å². The van der Waals surface area contributed by atoms with Crippen LogP contribution in [0.1, 0.15) is 12.0 Å². The van der Waals surface area contributed by atoms with Crippen LogP contribution in [0.3, 0.4) is 0 Å². The van der Waals surface area contributed by atoms with E-state index >= 15 is 0 Å². The molecule has 2 aromatic carbocycles. The van der Waals surface area contributed by atoms with Crippen LogP contribution in [0.4, 0.5) is 9.59 Å². The molecular formula is C21H23Br2N3O6S. The average Bonchev–Trinajstić information content (AvgIpc) is 3.16. The highest BCUT2D eigenvalue weighted by Gasteiger charge is 2.38. The number of likely N-dealkylation sites (tertiary alicyclic amines) is 1. The first-order chi connectivity index (χ1) is 15.6. The number of carbonyl (C=O) groups excluding carboxylic acids is 1. The Balaban J connectivity index is 1.62. The van der Waals surface area contributed by atoms with Gasteiger partial charge in [0, 0.05) is 35.1 Å². The van der Waals surface area contributed by atoms with E-state index in [9.17, 15) is 23.1 Å². The van der Waals surface area contributed by atoms with Gasteiger partial charge in [0.05, 0.1) is 10.9 Å². The Morgan fingerprint density at radius 3 is 2.58 bits per heavy atom. The zero-order valence-corrected chi connectivity index (χ0v) is 21.6. The number of ether oxygens (including phenoxy) is 1. The highest BCUT2D eigenvalue weighted by atomic mass is 79.9. The topological polar surface area (TPSA) is 116 Å². The van der Waals surface area contributed by atoms with Crippen molar-refractivity contribution in [2.75, 3.05) is 20.2 Å². The Labute approximate surface area is 209 Å². The van der Waals surface area contributed by atoms with Gasteiger partial charge in [-0.1, -0.05) is 46.3 Å². The molecule has 3 rings (SSSR count). The van der Waals surface area contributed by atoms with Crippen molar-refractivity contribution in [2.45, 2.75) is 29.9 Å². The van der Waals surface area contributed by atoms with Gasteiger partial charge in [-0.2, -0.15) is 0 Å². The van der Waals surface area contributed by atoms with Gasteiger partial charge < -0.3 is 19.6 Å². The van der Waals surface area contributed by atoms with Crippen LogP contribution in [-0.2, 0) is 21.3 Å². The van der Waals surface area contributed by atoms with Crippen LogP contribution in [0.15, 0.2) is 62.4 Å². The first-order valence-corrected chi connectivity index (χ1v) is 13.0. The summed E-state index contributed by atoms with van der Waals surface area (Å²) in [6.45, 7) is 0.113. The Bertz CT molecular complexity index is 1120. The molecular weight excluding hydrogens is 582 g/mol. The molecule has 1 aliphatic rings. The van der Waals surface area contributed by atoms with Gasteiger partial charge in [-0.3, -0.25) is 0 Å². The molecule has 2 N–H and O–H groups in total. The van der Waals surface area contributed by atoms with Crippen LogP contribution in [0, 0.1) is 0 Å². The minimum Gasteiger partial charge on any atom is -0.465 e. The number of carbonyl (C=O) groups is 2. The molecule has 2 atom stereocenters. The van der Waals surface area contributed by atoms with Gasteiger partial charge in [-0.25, -0.2) is 22.7 Å². The summed E-state index contributed by atoms with van der Waals surface area (Å²) in [4.78, 5) is 26.6. The Morgan fingerprint density at radius 2 is 1.91 bits per heavy atom. The quantitative estimate of drug-likeness (QED) is 0.495. The third kappa shape index (κ3) is 6.69. The lowest BCUT2D eigenvalue weighted by Crippen LogP contribution is -2.40. The zero-order valence-electron chi connectivity index (χ0n) is 17.6. The summed E-state index contributed by atoms with van der Waals surface area (Å²) in [5.74, 6) is 0. The molecule has 1 saturated heterocycles. The monoisotopic (exact) mass is 603 g/mol. The third-order valence-electron chi connectivity index (χ3n) is 5.14. The normalized spacial score (nSPS) is 18.2. The minimum absolute atomic E-state index is 0.0381. The minimum atomic E-state index is -3.91. The largest absolute Gasteiger partial charge is 0.465 e. The van der Waals surface area contributed by atoms with Crippen molar-refractivity contribution in [2.24, 2.45) is 0 Å². The summed E-state index contributed by atoms with van der Waals surface area (Å²) >= 11 is 6.49. The molecule has 33 heavy (non-hydrogen) atoms. The number of rotatable bonds is 7. The van der Waals surface area contributed by atoms with E-state index in [-0.39, 0.29) is 24.5 Å². The van der Waals surface area contributed by atoms with Crippen molar-refractivity contribution in [1.29, 1.82) is 0 Å². The SMILES string of the molecule is CN(Cc1ccccc1)C(=O)OC[C@H]1C[C@@H](NS(=O)(=O)c2cc(Br)ccc2Br)CN1C(=O)O. The van der Waals surface area contributed by atoms with E-state index in [4.69, 9.17) is 4.74 Å². The highest BCUT2D eigenvalue weighted by molar-refractivity contribution is 9.11. The lowest BCUT2D eigenvalue weighted by molar-refractivity contribution is 0.0765. The number of halogens is 2. The van der Waals surface area contributed by atoms with Gasteiger partial charge in [0.1, 0.15) is 6.61 Å². The smallest absolute Gasteiger partial charge is 0.409 e. The summed E-state index contributed by atoms with van der Waals surface area (Å²) in [6.07, 6.45) is -1.63. The van der Waals surface area contributed by atoms with Crippen LogP contribution < -0.4 is 4.72 Å². The molecule has 12 heteroatoms. The maximum atomic E-state index is 12.9. The van der Waals surface area contributed by atoms with Crippen molar-refractivity contribution >= 4 is 54.1 Å². The second kappa shape index (κ2) is 10.9. The molecule has 2 aromatic rings. The molecule has 0 bridgehead atoms. The number of carboxylic acid groups (broad SMARTS) is 1. The third-order valence-corrected chi connectivity index (χ3v) is 8.15. The summed E-state index contributed by atoms with van der Waals surface area (Å²) in [6, 6.07) is 12.8. The number of nitrogens with zero attached hydrogens (tertiary/aromatic N) is 2. The van der Waals surface area contributed by atoms with Gasteiger partial charge in [0.15, 0.2) is 0 Å². The van der Waals surface area contributed by atoms with E-state index in [1.54, 1.807) is 19.2 Å². The fourth-order valence-electron chi connectivity index (χ4n) is 3.56. The lowest BCUT2D eigenvalue weighted by Gasteiger charge is -2.23. The van der Waals surface area contributed by atoms with Crippen LogP contribution >= 0.6 is 31.9 Å². The molecule has 1 heterocycles. The molecule has 0 radical (unpaired) electrons. The van der Waals surface area contributed by atoms with Gasteiger partial charge >= 0.3 is 12.2 Å². The highest BCUT2D eigenvalue weighted by Crippen LogP contribution is 2.27. The van der Waals surface area contributed by atoms with E-state index < -0.39 is 34.3 Å². The van der Waals surface area contributed by atoms with Gasteiger partial charge in [0.2, 0.25) is 10.0 Å². The predicted octanol–water partition coefficient (Wildman–Crippen LogP) is 3.88. The molecule has 178 valence electrons. The van der Waals surface area contributed by atoms with E-state index in [2.05, 4.69) is 36.6 Å². The van der Waals surface area contributed by atoms with E-state index in [1.165, 1.54) is 11.0 Å². The van der Waals surface area contributed by atoms with Crippen molar-refractivity contribution < 1.29 is 27.9 Å².